The van der Waals surface area contributed by atoms with Crippen molar-refractivity contribution in [2.24, 2.45) is 5.10 Å². The van der Waals surface area contributed by atoms with Crippen LogP contribution < -0.4 is 5.43 Å². The van der Waals surface area contributed by atoms with Crippen molar-refractivity contribution in [1.82, 2.24) is 9.99 Å². The minimum atomic E-state index is -0.427. The van der Waals surface area contributed by atoms with Crippen LogP contribution in [0.15, 0.2) is 71.8 Å². The van der Waals surface area contributed by atoms with Crippen LogP contribution in [0.5, 0.6) is 5.75 Å². The molecule has 0 saturated heterocycles. The summed E-state index contributed by atoms with van der Waals surface area (Å²) in [4.78, 5) is 12.6. The van der Waals surface area contributed by atoms with Gasteiger partial charge in [0.25, 0.3) is 5.91 Å². The van der Waals surface area contributed by atoms with Crippen molar-refractivity contribution in [2.75, 3.05) is 0 Å². The average Bonchev–Trinajstić information content (AvgIpc) is 3.07. The lowest BCUT2D eigenvalue weighted by Gasteiger charge is -2.11. The number of benzene rings is 3. The highest BCUT2D eigenvalue weighted by atomic mass is 35.5. The molecule has 6 heteroatoms. The van der Waals surface area contributed by atoms with E-state index in [0.717, 1.165) is 27.8 Å². The molecule has 0 spiro atoms. The predicted octanol–water partition coefficient (Wildman–Crippen LogP) is 5.37. The zero-order chi connectivity index (χ0) is 21.3. The van der Waals surface area contributed by atoms with E-state index in [2.05, 4.69) is 15.1 Å². The number of phenols is 1. The largest absolute Gasteiger partial charge is 0.507 e. The monoisotopic (exact) mass is 417 g/mol. The second kappa shape index (κ2) is 8.05. The number of hydrogen-bond acceptors (Lipinski definition) is 3. The molecule has 4 aromatic rings. The first-order valence-electron chi connectivity index (χ1n) is 9.44. The average molecular weight is 418 g/mol. The summed E-state index contributed by atoms with van der Waals surface area (Å²) in [5.74, 6) is -0.338. The van der Waals surface area contributed by atoms with E-state index in [1.165, 1.54) is 6.21 Å². The minimum Gasteiger partial charge on any atom is -0.507 e. The van der Waals surface area contributed by atoms with Crippen LogP contribution in [0.25, 0.3) is 16.5 Å². The molecular weight excluding hydrogens is 398 g/mol. The molecule has 5 nitrogen and oxygen atoms in total. The summed E-state index contributed by atoms with van der Waals surface area (Å²) >= 11 is 6.38. The zero-order valence-corrected chi connectivity index (χ0v) is 17.3. The van der Waals surface area contributed by atoms with E-state index in [1.54, 1.807) is 18.2 Å². The summed E-state index contributed by atoms with van der Waals surface area (Å²) < 4.78 is 2.06. The molecule has 150 valence electrons. The Kier molecular flexibility index (Phi) is 5.29. The standard InChI is InChI=1S/C24H20ClN3O2/c1-15-7-8-16(2)28(15)18-10-11-20(22(25)13-18)24(30)27-26-14-21-19-6-4-3-5-17(19)9-12-23(21)29/h3-14,29H,1-2H3,(H,27,30). The van der Waals surface area contributed by atoms with Crippen LogP contribution in [-0.4, -0.2) is 21.8 Å². The molecular formula is C24H20ClN3O2. The van der Waals surface area contributed by atoms with Gasteiger partial charge in [-0.25, -0.2) is 5.43 Å². The smallest absolute Gasteiger partial charge is 0.272 e. The second-order valence-corrected chi connectivity index (χ2v) is 7.44. The van der Waals surface area contributed by atoms with Crippen molar-refractivity contribution in [3.8, 4) is 11.4 Å². The van der Waals surface area contributed by atoms with Crippen molar-refractivity contribution < 1.29 is 9.90 Å². The summed E-state index contributed by atoms with van der Waals surface area (Å²) in [5, 5.41) is 16.3. The summed E-state index contributed by atoms with van der Waals surface area (Å²) in [7, 11) is 0. The molecule has 0 aliphatic heterocycles. The van der Waals surface area contributed by atoms with Gasteiger partial charge in [-0.15, -0.1) is 0 Å². The van der Waals surface area contributed by atoms with Gasteiger partial charge in [-0.1, -0.05) is 41.9 Å². The van der Waals surface area contributed by atoms with Crippen molar-refractivity contribution >= 4 is 34.5 Å². The van der Waals surface area contributed by atoms with E-state index < -0.39 is 5.91 Å². The second-order valence-electron chi connectivity index (χ2n) is 7.03. The SMILES string of the molecule is Cc1ccc(C)n1-c1ccc(C(=O)NN=Cc2c(O)ccc3ccccc23)c(Cl)c1. The fourth-order valence-corrected chi connectivity index (χ4v) is 3.80. The quantitative estimate of drug-likeness (QED) is 0.346. The molecule has 0 bridgehead atoms. The molecule has 4 rings (SSSR count). The number of aromatic nitrogens is 1. The van der Waals surface area contributed by atoms with Crippen LogP contribution in [0, 0.1) is 13.8 Å². The summed E-state index contributed by atoms with van der Waals surface area (Å²) in [6.45, 7) is 4.03. The number of nitrogens with one attached hydrogen (secondary N) is 1. The van der Waals surface area contributed by atoms with Crippen molar-refractivity contribution in [1.29, 1.82) is 0 Å². The topological polar surface area (TPSA) is 66.6 Å². The number of amides is 1. The van der Waals surface area contributed by atoms with Gasteiger partial charge in [0, 0.05) is 22.6 Å². The van der Waals surface area contributed by atoms with E-state index >= 15 is 0 Å². The van der Waals surface area contributed by atoms with Gasteiger partial charge in [0.2, 0.25) is 0 Å². The van der Waals surface area contributed by atoms with Gasteiger partial charge < -0.3 is 9.67 Å². The Hall–Kier alpha value is -3.57. The molecule has 0 saturated carbocycles. The van der Waals surface area contributed by atoms with Gasteiger partial charge in [-0.05, 0) is 61.0 Å². The van der Waals surface area contributed by atoms with Crippen LogP contribution in [0.3, 0.4) is 0 Å². The highest BCUT2D eigenvalue weighted by Gasteiger charge is 2.13. The maximum absolute atomic E-state index is 12.6. The van der Waals surface area contributed by atoms with E-state index in [0.29, 0.717) is 16.1 Å². The Balaban J connectivity index is 1.56. The van der Waals surface area contributed by atoms with Gasteiger partial charge in [-0.2, -0.15) is 5.10 Å². The van der Waals surface area contributed by atoms with E-state index in [-0.39, 0.29) is 5.75 Å². The number of hydrogen-bond donors (Lipinski definition) is 2. The van der Waals surface area contributed by atoms with Gasteiger partial charge in [0.15, 0.2) is 0 Å². The Morgan fingerprint density at radius 1 is 1.03 bits per heavy atom. The number of carbonyl (C=O) groups is 1. The first kappa shape index (κ1) is 19.7. The third-order valence-electron chi connectivity index (χ3n) is 5.03. The Morgan fingerprint density at radius 2 is 1.77 bits per heavy atom. The molecule has 1 aromatic heterocycles. The summed E-state index contributed by atoms with van der Waals surface area (Å²) in [5.41, 5.74) is 6.40. The fourth-order valence-electron chi connectivity index (χ4n) is 3.54. The molecule has 0 fully saturated rings. The Bertz CT molecular complexity index is 1270. The molecule has 1 amide bonds. The normalized spacial score (nSPS) is 11.3. The fraction of sp³-hybridized carbons (Fsp3) is 0.0833. The lowest BCUT2D eigenvalue weighted by Crippen LogP contribution is -2.18. The first-order valence-corrected chi connectivity index (χ1v) is 9.82. The van der Waals surface area contributed by atoms with Gasteiger partial charge in [-0.3, -0.25) is 4.79 Å². The predicted molar refractivity (Wildman–Crippen MR) is 121 cm³/mol. The molecule has 0 radical (unpaired) electrons. The maximum Gasteiger partial charge on any atom is 0.272 e. The molecule has 0 aliphatic carbocycles. The Morgan fingerprint density at radius 3 is 2.50 bits per heavy atom. The molecule has 2 N–H and O–H groups in total. The van der Waals surface area contributed by atoms with Crippen LogP contribution in [-0.2, 0) is 0 Å². The molecule has 0 unspecified atom stereocenters. The maximum atomic E-state index is 12.6. The van der Waals surface area contributed by atoms with Crippen molar-refractivity contribution in [2.45, 2.75) is 13.8 Å². The molecule has 3 aromatic carbocycles. The number of hydrazone groups is 1. The van der Waals surface area contributed by atoms with Gasteiger partial charge in [0.1, 0.15) is 5.75 Å². The Labute approximate surface area is 179 Å². The number of fused-ring (bicyclic) bond motifs is 1. The number of aromatic hydroxyl groups is 1. The number of nitrogens with zero attached hydrogens (tertiary/aromatic N) is 2. The lowest BCUT2D eigenvalue weighted by molar-refractivity contribution is 0.0955. The van der Waals surface area contributed by atoms with Crippen molar-refractivity contribution in [3.05, 3.63) is 94.3 Å². The van der Waals surface area contributed by atoms with Crippen LogP contribution in [0.2, 0.25) is 5.02 Å². The highest BCUT2D eigenvalue weighted by molar-refractivity contribution is 6.34. The summed E-state index contributed by atoms with van der Waals surface area (Å²) in [6.07, 6.45) is 1.43. The van der Waals surface area contributed by atoms with Gasteiger partial charge in [0.05, 0.1) is 16.8 Å². The number of rotatable bonds is 4. The van der Waals surface area contributed by atoms with E-state index in [9.17, 15) is 9.90 Å². The highest BCUT2D eigenvalue weighted by Crippen LogP contribution is 2.26. The molecule has 0 aliphatic rings. The third kappa shape index (κ3) is 3.67. The van der Waals surface area contributed by atoms with E-state index in [4.69, 9.17) is 11.6 Å². The lowest BCUT2D eigenvalue weighted by atomic mass is 10.0. The number of halogens is 1. The number of carbonyl (C=O) groups excluding carboxylic acids is 1. The first-order chi connectivity index (χ1) is 14.5. The molecule has 0 atom stereocenters. The minimum absolute atomic E-state index is 0.0894. The van der Waals surface area contributed by atoms with Crippen LogP contribution in [0.4, 0.5) is 0 Å². The summed E-state index contributed by atoms with van der Waals surface area (Å²) in [6, 6.07) is 20.4. The van der Waals surface area contributed by atoms with E-state index in [1.807, 2.05) is 62.4 Å². The van der Waals surface area contributed by atoms with Crippen LogP contribution in [0.1, 0.15) is 27.3 Å². The third-order valence-corrected chi connectivity index (χ3v) is 5.35. The van der Waals surface area contributed by atoms with Gasteiger partial charge >= 0.3 is 0 Å². The molecule has 30 heavy (non-hydrogen) atoms. The zero-order valence-electron chi connectivity index (χ0n) is 16.6. The number of aryl methyl sites for hydroxylation is 2. The molecule has 1 heterocycles. The van der Waals surface area contributed by atoms with Crippen molar-refractivity contribution in [3.63, 3.8) is 0 Å². The van der Waals surface area contributed by atoms with Crippen LogP contribution >= 0.6 is 11.6 Å². The number of phenolic OH excluding ortho intramolecular Hbond substituents is 1.